The van der Waals surface area contributed by atoms with E-state index in [2.05, 4.69) is 20.3 Å². The van der Waals surface area contributed by atoms with Crippen molar-refractivity contribution in [2.75, 3.05) is 24.6 Å². The SMILES string of the molecule is CC(=O)N1CCC(n2cc(-c3cnc(N)c4oc(-c5ccc6[nH]nc(N)c6c5)cc34)cn2)CC1. The summed E-state index contributed by atoms with van der Waals surface area (Å²) in [5, 5.41) is 13.3. The minimum Gasteiger partial charge on any atom is -0.452 e. The number of anilines is 2. The van der Waals surface area contributed by atoms with Crippen molar-refractivity contribution in [3.8, 4) is 22.5 Å². The van der Waals surface area contributed by atoms with Crippen LogP contribution in [0, 0.1) is 0 Å². The van der Waals surface area contributed by atoms with Gasteiger partial charge in [0.25, 0.3) is 0 Å². The molecule has 0 aliphatic carbocycles. The molecule has 1 aromatic carbocycles. The van der Waals surface area contributed by atoms with E-state index in [4.69, 9.17) is 15.9 Å². The summed E-state index contributed by atoms with van der Waals surface area (Å²) in [7, 11) is 0. The van der Waals surface area contributed by atoms with E-state index in [0.29, 0.717) is 23.0 Å². The number of nitrogens with zero attached hydrogens (tertiary/aromatic N) is 5. The molecule has 172 valence electrons. The Balaban J connectivity index is 1.36. The van der Waals surface area contributed by atoms with Gasteiger partial charge in [0.2, 0.25) is 5.91 Å². The predicted octanol–water partition coefficient (Wildman–Crippen LogP) is 3.58. The van der Waals surface area contributed by atoms with E-state index >= 15 is 0 Å². The number of furan rings is 1. The van der Waals surface area contributed by atoms with E-state index < -0.39 is 0 Å². The third-order valence-corrected chi connectivity index (χ3v) is 6.66. The molecule has 0 saturated carbocycles. The Labute approximate surface area is 194 Å². The van der Waals surface area contributed by atoms with Crippen LogP contribution in [-0.4, -0.2) is 48.9 Å². The van der Waals surface area contributed by atoms with Gasteiger partial charge in [-0.25, -0.2) is 4.98 Å². The van der Waals surface area contributed by atoms with Crippen molar-refractivity contribution >= 4 is 39.4 Å². The van der Waals surface area contributed by atoms with E-state index in [-0.39, 0.29) is 11.9 Å². The monoisotopic (exact) mass is 456 g/mol. The maximum atomic E-state index is 11.6. The average Bonchev–Trinajstić information content (AvgIpc) is 3.59. The highest BCUT2D eigenvalue weighted by Gasteiger charge is 2.23. The molecule has 1 amide bonds. The quantitative estimate of drug-likeness (QED) is 0.376. The molecule has 10 heteroatoms. The zero-order valence-corrected chi connectivity index (χ0v) is 18.7. The van der Waals surface area contributed by atoms with Gasteiger partial charge in [0.15, 0.2) is 17.2 Å². The molecule has 0 unspecified atom stereocenters. The van der Waals surface area contributed by atoms with Crippen molar-refractivity contribution in [2.45, 2.75) is 25.8 Å². The van der Waals surface area contributed by atoms with Gasteiger partial charge in [-0.1, -0.05) is 0 Å². The Morgan fingerprint density at radius 2 is 1.91 bits per heavy atom. The van der Waals surface area contributed by atoms with Crippen LogP contribution in [0.1, 0.15) is 25.8 Å². The van der Waals surface area contributed by atoms with Gasteiger partial charge >= 0.3 is 0 Å². The van der Waals surface area contributed by atoms with E-state index in [9.17, 15) is 4.79 Å². The molecule has 5 N–H and O–H groups in total. The number of nitrogen functional groups attached to an aromatic ring is 2. The number of rotatable bonds is 3. The molecule has 1 fully saturated rings. The lowest BCUT2D eigenvalue weighted by atomic mass is 10.0. The number of carbonyl (C=O) groups is 1. The maximum absolute atomic E-state index is 11.6. The molecular weight excluding hydrogens is 432 g/mol. The molecule has 5 aromatic rings. The van der Waals surface area contributed by atoms with Crippen molar-refractivity contribution < 1.29 is 9.21 Å². The van der Waals surface area contributed by atoms with Crippen LogP contribution in [0.15, 0.2) is 47.3 Å². The summed E-state index contributed by atoms with van der Waals surface area (Å²) in [4.78, 5) is 17.9. The van der Waals surface area contributed by atoms with Gasteiger partial charge in [-0.05, 0) is 37.1 Å². The molecule has 0 bridgehead atoms. The third-order valence-electron chi connectivity index (χ3n) is 6.66. The highest BCUT2D eigenvalue weighted by atomic mass is 16.3. The first kappa shape index (κ1) is 20.3. The second kappa shape index (κ2) is 7.62. The average molecular weight is 457 g/mol. The van der Waals surface area contributed by atoms with Gasteiger partial charge < -0.3 is 20.8 Å². The third kappa shape index (κ3) is 3.26. The van der Waals surface area contributed by atoms with Gasteiger partial charge in [-0.2, -0.15) is 10.2 Å². The molecule has 1 saturated heterocycles. The van der Waals surface area contributed by atoms with Crippen LogP contribution in [0.5, 0.6) is 0 Å². The van der Waals surface area contributed by atoms with Crippen molar-refractivity contribution in [1.82, 2.24) is 29.9 Å². The highest BCUT2D eigenvalue weighted by molar-refractivity contribution is 6.01. The molecule has 0 spiro atoms. The highest BCUT2D eigenvalue weighted by Crippen LogP contribution is 2.38. The summed E-state index contributed by atoms with van der Waals surface area (Å²) in [5.74, 6) is 1.57. The smallest absolute Gasteiger partial charge is 0.219 e. The molecular formula is C24H24N8O2. The normalized spacial score (nSPS) is 14.9. The number of hydrogen-bond donors (Lipinski definition) is 3. The summed E-state index contributed by atoms with van der Waals surface area (Å²) >= 11 is 0. The van der Waals surface area contributed by atoms with Crippen LogP contribution in [0.3, 0.4) is 0 Å². The second-order valence-corrected chi connectivity index (χ2v) is 8.73. The number of H-pyrrole nitrogens is 1. The van der Waals surface area contributed by atoms with Crippen LogP contribution < -0.4 is 11.5 Å². The standard InChI is InChI=1S/C24H24N8O2/c1-13(33)31-6-4-16(5-7-31)32-12-15(10-28-32)19-11-27-24(26)22-17(19)9-21(34-22)14-2-3-20-18(8-14)23(25)30-29-20/h2-3,8-12,16H,4-7H2,1H3,(H2,26,27)(H3,25,29,30). The first-order valence-electron chi connectivity index (χ1n) is 11.2. The van der Waals surface area contributed by atoms with Crippen molar-refractivity contribution in [2.24, 2.45) is 0 Å². The molecule has 34 heavy (non-hydrogen) atoms. The predicted molar refractivity (Wildman–Crippen MR) is 130 cm³/mol. The van der Waals surface area contributed by atoms with E-state index in [1.807, 2.05) is 46.2 Å². The number of pyridine rings is 1. The van der Waals surface area contributed by atoms with Gasteiger partial charge in [-0.15, -0.1) is 0 Å². The summed E-state index contributed by atoms with van der Waals surface area (Å²) in [6.07, 6.45) is 7.39. The van der Waals surface area contributed by atoms with Gasteiger partial charge in [-0.3, -0.25) is 14.6 Å². The summed E-state index contributed by atoms with van der Waals surface area (Å²) in [6.45, 7) is 3.12. The maximum Gasteiger partial charge on any atom is 0.219 e. The molecule has 0 atom stereocenters. The zero-order valence-electron chi connectivity index (χ0n) is 18.7. The Morgan fingerprint density at radius 1 is 1.09 bits per heavy atom. The number of nitrogens with two attached hydrogens (primary N) is 2. The van der Waals surface area contributed by atoms with Gasteiger partial charge in [0, 0.05) is 59.9 Å². The number of hydrogen-bond acceptors (Lipinski definition) is 7. The van der Waals surface area contributed by atoms with Crippen molar-refractivity contribution in [3.63, 3.8) is 0 Å². The van der Waals surface area contributed by atoms with Gasteiger partial charge in [0.1, 0.15) is 5.76 Å². The Kier molecular flexibility index (Phi) is 4.54. The number of carbonyl (C=O) groups excluding carboxylic acids is 1. The molecule has 1 aliphatic rings. The van der Waals surface area contributed by atoms with Crippen LogP contribution in [-0.2, 0) is 4.79 Å². The number of piperidine rings is 1. The first-order valence-corrected chi connectivity index (χ1v) is 11.2. The largest absolute Gasteiger partial charge is 0.452 e. The number of aromatic amines is 1. The van der Waals surface area contributed by atoms with Crippen LogP contribution in [0.2, 0.25) is 0 Å². The van der Waals surface area contributed by atoms with Crippen molar-refractivity contribution in [3.05, 3.63) is 42.9 Å². The summed E-state index contributed by atoms with van der Waals surface area (Å²) in [5.41, 5.74) is 16.2. The second-order valence-electron chi connectivity index (χ2n) is 8.73. The molecule has 4 aromatic heterocycles. The van der Waals surface area contributed by atoms with Crippen LogP contribution in [0.4, 0.5) is 11.6 Å². The fourth-order valence-corrected chi connectivity index (χ4v) is 4.73. The Hall–Kier alpha value is -4.34. The van der Waals surface area contributed by atoms with E-state index in [1.54, 1.807) is 13.1 Å². The summed E-state index contributed by atoms with van der Waals surface area (Å²) < 4.78 is 8.14. The number of benzene rings is 1. The fraction of sp³-hybridized carbons (Fsp3) is 0.250. The molecule has 5 heterocycles. The Morgan fingerprint density at radius 3 is 2.71 bits per heavy atom. The molecule has 1 aliphatic heterocycles. The summed E-state index contributed by atoms with van der Waals surface area (Å²) in [6, 6.07) is 8.05. The molecule has 6 rings (SSSR count). The van der Waals surface area contributed by atoms with Crippen molar-refractivity contribution in [1.29, 1.82) is 0 Å². The molecule has 0 radical (unpaired) electrons. The lowest BCUT2D eigenvalue weighted by Crippen LogP contribution is -2.37. The number of likely N-dealkylation sites (tertiary alicyclic amines) is 1. The number of nitrogens with one attached hydrogen (secondary N) is 1. The van der Waals surface area contributed by atoms with Gasteiger partial charge in [0.05, 0.1) is 17.8 Å². The lowest BCUT2D eigenvalue weighted by molar-refractivity contribution is -0.130. The molecule has 10 nitrogen and oxygen atoms in total. The topological polar surface area (TPSA) is 145 Å². The van der Waals surface area contributed by atoms with Crippen LogP contribution >= 0.6 is 0 Å². The number of aromatic nitrogens is 5. The zero-order chi connectivity index (χ0) is 23.4. The first-order chi connectivity index (χ1) is 16.5. The van der Waals surface area contributed by atoms with E-state index in [1.165, 1.54) is 0 Å². The Bertz CT molecular complexity index is 1540. The van der Waals surface area contributed by atoms with Crippen LogP contribution in [0.25, 0.3) is 44.3 Å². The van der Waals surface area contributed by atoms with E-state index in [0.717, 1.165) is 58.9 Å². The minimum atomic E-state index is 0.125. The lowest BCUT2D eigenvalue weighted by Gasteiger charge is -2.31. The fourth-order valence-electron chi connectivity index (χ4n) is 4.73. The minimum absolute atomic E-state index is 0.125. The number of fused-ring (bicyclic) bond motifs is 2. The number of amides is 1.